The second kappa shape index (κ2) is 6.12. The van der Waals surface area contributed by atoms with E-state index in [9.17, 15) is 19.3 Å². The summed E-state index contributed by atoms with van der Waals surface area (Å²) in [7, 11) is 0. The molecular formula is C12H15FN2O4. The summed E-state index contributed by atoms with van der Waals surface area (Å²) in [6, 6.07) is 2.66. The topological polar surface area (TPSA) is 92.5 Å². The van der Waals surface area contributed by atoms with E-state index in [4.69, 9.17) is 5.11 Å². The van der Waals surface area contributed by atoms with E-state index in [-0.39, 0.29) is 23.7 Å². The monoisotopic (exact) mass is 270 g/mol. The normalized spacial score (nSPS) is 12.2. The van der Waals surface area contributed by atoms with Gasteiger partial charge in [0.05, 0.1) is 17.4 Å². The van der Waals surface area contributed by atoms with Gasteiger partial charge in [-0.3, -0.25) is 14.9 Å². The summed E-state index contributed by atoms with van der Waals surface area (Å²) < 4.78 is 13.2. The number of benzene rings is 1. The quantitative estimate of drug-likeness (QED) is 0.612. The van der Waals surface area contributed by atoms with Gasteiger partial charge in [0.2, 0.25) is 0 Å². The number of nitro benzene ring substituents is 1. The molecule has 0 aromatic heterocycles. The fourth-order valence-electron chi connectivity index (χ4n) is 1.62. The summed E-state index contributed by atoms with van der Waals surface area (Å²) in [6.45, 7) is 3.63. The number of rotatable bonds is 6. The highest BCUT2D eigenvalue weighted by Gasteiger charge is 2.18. The summed E-state index contributed by atoms with van der Waals surface area (Å²) in [6.07, 6.45) is -0.151. The van der Waals surface area contributed by atoms with E-state index in [2.05, 4.69) is 5.32 Å². The first-order valence-electron chi connectivity index (χ1n) is 5.73. The minimum Gasteiger partial charge on any atom is -0.481 e. The lowest BCUT2D eigenvalue weighted by molar-refractivity contribution is -0.385. The second-order valence-electron chi connectivity index (χ2n) is 4.55. The molecule has 2 N–H and O–H groups in total. The molecule has 1 aromatic rings. The standard InChI is InChI=1S/C12H15FN2O4/c1-7(2)11(6-12(16)17)14-9-3-8(13)4-10(5-9)15(18)19/h3-5,7,11,14H,6H2,1-2H3,(H,16,17). The van der Waals surface area contributed by atoms with Crippen molar-refractivity contribution in [2.75, 3.05) is 5.32 Å². The molecule has 0 saturated heterocycles. The number of nitrogens with one attached hydrogen (secondary N) is 1. The zero-order valence-corrected chi connectivity index (χ0v) is 10.6. The number of hydrogen-bond donors (Lipinski definition) is 2. The molecule has 0 aliphatic heterocycles. The Morgan fingerprint density at radius 3 is 2.58 bits per heavy atom. The van der Waals surface area contributed by atoms with Gasteiger partial charge in [0.15, 0.2) is 0 Å². The largest absolute Gasteiger partial charge is 0.481 e. The molecule has 0 spiro atoms. The van der Waals surface area contributed by atoms with Crippen LogP contribution in [0.25, 0.3) is 0 Å². The summed E-state index contributed by atoms with van der Waals surface area (Å²) in [5.74, 6) is -1.75. The van der Waals surface area contributed by atoms with Gasteiger partial charge in [-0.1, -0.05) is 13.8 Å². The number of carboxylic acids is 1. The highest BCUT2D eigenvalue weighted by Crippen LogP contribution is 2.22. The first-order chi connectivity index (χ1) is 8.79. The number of nitro groups is 1. The van der Waals surface area contributed by atoms with Gasteiger partial charge in [-0.05, 0) is 12.0 Å². The van der Waals surface area contributed by atoms with Crippen molar-refractivity contribution in [2.45, 2.75) is 26.3 Å². The SMILES string of the molecule is CC(C)C(CC(=O)O)Nc1cc(F)cc([N+](=O)[O-])c1. The smallest absolute Gasteiger partial charge is 0.305 e. The van der Waals surface area contributed by atoms with Crippen molar-refractivity contribution in [2.24, 2.45) is 5.92 Å². The number of carboxylic acid groups (broad SMARTS) is 1. The van der Waals surface area contributed by atoms with Crippen LogP contribution >= 0.6 is 0 Å². The van der Waals surface area contributed by atoms with Crippen LogP contribution in [0.2, 0.25) is 0 Å². The lowest BCUT2D eigenvalue weighted by Gasteiger charge is -2.21. The maximum atomic E-state index is 13.2. The molecule has 1 unspecified atom stereocenters. The molecule has 1 aromatic carbocycles. The molecule has 0 fully saturated rings. The number of halogens is 1. The first kappa shape index (κ1) is 14.9. The fraction of sp³-hybridized carbons (Fsp3) is 0.417. The fourth-order valence-corrected chi connectivity index (χ4v) is 1.62. The molecule has 1 atom stereocenters. The molecule has 7 heteroatoms. The molecule has 104 valence electrons. The van der Waals surface area contributed by atoms with Crippen LogP contribution in [0.4, 0.5) is 15.8 Å². The lowest BCUT2D eigenvalue weighted by atomic mass is 10.0. The van der Waals surface area contributed by atoms with Gasteiger partial charge >= 0.3 is 5.97 Å². The number of nitrogens with zero attached hydrogens (tertiary/aromatic N) is 1. The Bertz CT molecular complexity index is 491. The van der Waals surface area contributed by atoms with Crippen molar-refractivity contribution in [3.63, 3.8) is 0 Å². The van der Waals surface area contributed by atoms with Gasteiger partial charge in [0, 0.05) is 17.8 Å². The molecule has 0 radical (unpaired) electrons. The van der Waals surface area contributed by atoms with E-state index >= 15 is 0 Å². The number of anilines is 1. The summed E-state index contributed by atoms with van der Waals surface area (Å²) >= 11 is 0. The van der Waals surface area contributed by atoms with Gasteiger partial charge in [0.1, 0.15) is 5.82 Å². The highest BCUT2D eigenvalue weighted by atomic mass is 19.1. The van der Waals surface area contributed by atoms with Crippen LogP contribution in [-0.4, -0.2) is 22.0 Å². The minimum atomic E-state index is -0.989. The predicted octanol–water partition coefficient (Wildman–Crippen LogP) is 2.65. The van der Waals surface area contributed by atoms with Crippen LogP contribution in [-0.2, 0) is 4.79 Å². The Morgan fingerprint density at radius 1 is 1.47 bits per heavy atom. The van der Waals surface area contributed by atoms with Crippen molar-refractivity contribution in [3.05, 3.63) is 34.1 Å². The Labute approximate surface area is 109 Å². The zero-order valence-electron chi connectivity index (χ0n) is 10.6. The van der Waals surface area contributed by atoms with Crippen LogP contribution < -0.4 is 5.32 Å². The Kier molecular flexibility index (Phi) is 4.80. The summed E-state index contributed by atoms with van der Waals surface area (Å²) in [4.78, 5) is 20.6. The average molecular weight is 270 g/mol. The van der Waals surface area contributed by atoms with Gasteiger partial charge in [0.25, 0.3) is 5.69 Å². The number of aliphatic carboxylic acids is 1. The predicted molar refractivity (Wildman–Crippen MR) is 67.6 cm³/mol. The van der Waals surface area contributed by atoms with Crippen LogP contribution in [0.5, 0.6) is 0 Å². The summed E-state index contributed by atoms with van der Waals surface area (Å²) in [5.41, 5.74) is -0.174. The maximum absolute atomic E-state index is 13.2. The third kappa shape index (κ3) is 4.53. The third-order valence-corrected chi connectivity index (χ3v) is 2.64. The zero-order chi connectivity index (χ0) is 14.6. The Hall–Kier alpha value is -2.18. The van der Waals surface area contributed by atoms with Crippen LogP contribution in [0.1, 0.15) is 20.3 Å². The molecule has 0 amide bonds. The van der Waals surface area contributed by atoms with Gasteiger partial charge in [-0.25, -0.2) is 4.39 Å². The van der Waals surface area contributed by atoms with Crippen molar-refractivity contribution < 1.29 is 19.2 Å². The Morgan fingerprint density at radius 2 is 2.11 bits per heavy atom. The molecule has 0 aliphatic rings. The molecule has 1 rings (SSSR count). The first-order valence-corrected chi connectivity index (χ1v) is 5.73. The third-order valence-electron chi connectivity index (χ3n) is 2.64. The Balaban J connectivity index is 2.95. The molecular weight excluding hydrogens is 255 g/mol. The highest BCUT2D eigenvalue weighted by molar-refractivity contribution is 5.68. The molecule has 6 nitrogen and oxygen atoms in total. The van der Waals surface area contributed by atoms with Crippen molar-refractivity contribution in [3.8, 4) is 0 Å². The van der Waals surface area contributed by atoms with Crippen molar-refractivity contribution in [1.82, 2.24) is 0 Å². The van der Waals surface area contributed by atoms with Crippen molar-refractivity contribution in [1.29, 1.82) is 0 Å². The number of hydrogen-bond acceptors (Lipinski definition) is 4. The molecule has 19 heavy (non-hydrogen) atoms. The average Bonchev–Trinajstić information content (AvgIpc) is 2.26. The molecule has 0 aliphatic carbocycles. The maximum Gasteiger partial charge on any atom is 0.305 e. The van der Waals surface area contributed by atoms with Gasteiger partial charge in [-0.15, -0.1) is 0 Å². The van der Waals surface area contributed by atoms with E-state index in [0.717, 1.165) is 12.1 Å². The molecule has 0 bridgehead atoms. The van der Waals surface area contributed by atoms with E-state index < -0.39 is 22.8 Å². The minimum absolute atomic E-state index is 0.0153. The van der Waals surface area contributed by atoms with E-state index in [1.807, 2.05) is 13.8 Å². The lowest BCUT2D eigenvalue weighted by Crippen LogP contribution is -2.28. The van der Waals surface area contributed by atoms with Crippen LogP contribution in [0.15, 0.2) is 18.2 Å². The van der Waals surface area contributed by atoms with Crippen molar-refractivity contribution >= 4 is 17.3 Å². The van der Waals surface area contributed by atoms with Crippen LogP contribution in [0.3, 0.4) is 0 Å². The molecule has 0 saturated carbocycles. The van der Waals surface area contributed by atoms with E-state index in [1.165, 1.54) is 6.07 Å². The van der Waals surface area contributed by atoms with E-state index in [1.54, 1.807) is 0 Å². The van der Waals surface area contributed by atoms with Crippen LogP contribution in [0, 0.1) is 21.8 Å². The second-order valence-corrected chi connectivity index (χ2v) is 4.55. The number of carbonyl (C=O) groups is 1. The summed E-state index contributed by atoms with van der Waals surface area (Å²) in [5, 5.41) is 22.2. The van der Waals surface area contributed by atoms with Gasteiger partial charge in [-0.2, -0.15) is 0 Å². The van der Waals surface area contributed by atoms with E-state index in [0.29, 0.717) is 0 Å². The number of non-ortho nitro benzene ring substituents is 1. The molecule has 0 heterocycles. The van der Waals surface area contributed by atoms with Gasteiger partial charge < -0.3 is 10.4 Å².